The normalized spacial score (nSPS) is 26.6. The Kier molecular flexibility index (Phi) is 3.91. The lowest BCUT2D eigenvalue weighted by molar-refractivity contribution is 0.0441. The summed E-state index contributed by atoms with van der Waals surface area (Å²) >= 11 is 0. The zero-order valence-corrected chi connectivity index (χ0v) is 11.4. The third kappa shape index (κ3) is 2.66. The van der Waals surface area contributed by atoms with Crippen LogP contribution < -0.4 is 10.1 Å². The summed E-state index contributed by atoms with van der Waals surface area (Å²) in [5.74, 6) is 0.626. The van der Waals surface area contributed by atoms with E-state index in [0.29, 0.717) is 0 Å². The van der Waals surface area contributed by atoms with Crippen molar-refractivity contribution in [3.8, 4) is 5.75 Å². The zero-order chi connectivity index (χ0) is 13.2. The van der Waals surface area contributed by atoms with E-state index in [9.17, 15) is 4.39 Å². The Morgan fingerprint density at radius 1 is 1.44 bits per heavy atom. The molecule has 2 unspecified atom stereocenters. The summed E-state index contributed by atoms with van der Waals surface area (Å²) in [4.78, 5) is 0. The van der Waals surface area contributed by atoms with Crippen molar-refractivity contribution < 1.29 is 9.13 Å². The molecule has 2 atom stereocenters. The molecule has 18 heavy (non-hydrogen) atoms. The lowest BCUT2D eigenvalue weighted by Gasteiger charge is -2.40. The van der Waals surface area contributed by atoms with Crippen LogP contribution in [0.25, 0.3) is 0 Å². The molecule has 1 aromatic rings. The monoisotopic (exact) mass is 251 g/mol. The summed E-state index contributed by atoms with van der Waals surface area (Å²) in [7, 11) is 0. The smallest absolute Gasteiger partial charge is 0.125 e. The second-order valence-corrected chi connectivity index (χ2v) is 5.30. The molecular weight excluding hydrogens is 229 g/mol. The van der Waals surface area contributed by atoms with Crippen molar-refractivity contribution in [2.45, 2.75) is 51.7 Å². The predicted octanol–water partition coefficient (Wildman–Crippen LogP) is 3.82. The van der Waals surface area contributed by atoms with Gasteiger partial charge in [0.1, 0.15) is 17.2 Å². The van der Waals surface area contributed by atoms with Gasteiger partial charge >= 0.3 is 0 Å². The maximum absolute atomic E-state index is 13.4. The maximum Gasteiger partial charge on any atom is 0.125 e. The van der Waals surface area contributed by atoms with Crippen molar-refractivity contribution in [1.29, 1.82) is 0 Å². The molecule has 0 aromatic heterocycles. The van der Waals surface area contributed by atoms with E-state index in [0.717, 1.165) is 37.1 Å². The van der Waals surface area contributed by atoms with E-state index in [2.05, 4.69) is 26.1 Å². The van der Waals surface area contributed by atoms with Gasteiger partial charge in [0.15, 0.2) is 0 Å². The molecule has 0 saturated heterocycles. The van der Waals surface area contributed by atoms with Crippen LogP contribution in [0.5, 0.6) is 5.75 Å². The van der Waals surface area contributed by atoms with E-state index >= 15 is 0 Å². The van der Waals surface area contributed by atoms with Crippen molar-refractivity contribution in [3.63, 3.8) is 0 Å². The van der Waals surface area contributed by atoms with Gasteiger partial charge in [0.05, 0.1) is 0 Å². The van der Waals surface area contributed by atoms with Gasteiger partial charge in [-0.15, -0.1) is 0 Å². The highest BCUT2D eigenvalue weighted by atomic mass is 19.1. The lowest BCUT2D eigenvalue weighted by Crippen LogP contribution is -2.41. The fourth-order valence-corrected chi connectivity index (χ4v) is 2.45. The summed E-state index contributed by atoms with van der Waals surface area (Å²) in [6.07, 6.45) is 2.92. The van der Waals surface area contributed by atoms with Crippen molar-refractivity contribution >= 4 is 0 Å². The average Bonchev–Trinajstić information content (AvgIpc) is 2.37. The number of fused-ring (bicyclic) bond motifs is 1. The average molecular weight is 251 g/mol. The number of hydrogen-bond acceptors (Lipinski definition) is 2. The molecule has 0 fully saturated rings. The molecule has 0 amide bonds. The van der Waals surface area contributed by atoms with Crippen LogP contribution >= 0.6 is 0 Å². The summed E-state index contributed by atoms with van der Waals surface area (Å²) in [5, 5.41) is 3.50. The predicted molar refractivity (Wildman–Crippen MR) is 71.4 cm³/mol. The Labute approximate surface area is 109 Å². The van der Waals surface area contributed by atoms with E-state index in [4.69, 9.17) is 4.74 Å². The minimum absolute atomic E-state index is 0.157. The highest BCUT2D eigenvalue weighted by molar-refractivity contribution is 5.39. The molecule has 1 aliphatic rings. The topological polar surface area (TPSA) is 21.3 Å². The summed E-state index contributed by atoms with van der Waals surface area (Å²) in [5.41, 5.74) is 0.797. The van der Waals surface area contributed by atoms with Gasteiger partial charge in [-0.25, -0.2) is 4.39 Å². The van der Waals surface area contributed by atoms with Gasteiger partial charge in [0.2, 0.25) is 0 Å². The minimum Gasteiger partial charge on any atom is -0.487 e. The van der Waals surface area contributed by atoms with Gasteiger partial charge in [0.25, 0.3) is 0 Å². The van der Waals surface area contributed by atoms with E-state index in [1.807, 2.05) is 0 Å². The molecule has 0 aliphatic carbocycles. The Morgan fingerprint density at radius 3 is 2.89 bits per heavy atom. The molecule has 0 saturated carbocycles. The van der Waals surface area contributed by atoms with Crippen molar-refractivity contribution in [2.75, 3.05) is 6.54 Å². The molecule has 0 bridgehead atoms. The van der Waals surface area contributed by atoms with Gasteiger partial charge in [-0.2, -0.15) is 0 Å². The van der Waals surface area contributed by atoms with Gasteiger partial charge < -0.3 is 10.1 Å². The van der Waals surface area contributed by atoms with Crippen LogP contribution in [0.1, 0.15) is 51.6 Å². The molecule has 0 radical (unpaired) electrons. The van der Waals surface area contributed by atoms with E-state index in [-0.39, 0.29) is 17.5 Å². The van der Waals surface area contributed by atoms with Crippen LogP contribution in [0.3, 0.4) is 0 Å². The first-order valence-electron chi connectivity index (χ1n) is 6.80. The SMILES string of the molecule is CCCNC1CC(C)(CC)Oc2ccc(F)cc21. The van der Waals surface area contributed by atoms with Crippen LogP contribution in [-0.2, 0) is 0 Å². The number of rotatable bonds is 4. The number of halogens is 1. The quantitative estimate of drug-likeness (QED) is 0.878. The Balaban J connectivity index is 2.31. The van der Waals surface area contributed by atoms with Crippen LogP contribution in [0, 0.1) is 5.82 Å². The zero-order valence-electron chi connectivity index (χ0n) is 11.4. The highest BCUT2D eigenvalue weighted by Gasteiger charge is 2.35. The van der Waals surface area contributed by atoms with Crippen molar-refractivity contribution in [2.24, 2.45) is 0 Å². The molecule has 1 aliphatic heterocycles. The first-order chi connectivity index (χ1) is 8.58. The van der Waals surface area contributed by atoms with Gasteiger partial charge in [-0.05, 0) is 44.5 Å². The number of nitrogens with one attached hydrogen (secondary N) is 1. The fraction of sp³-hybridized carbons (Fsp3) is 0.600. The highest BCUT2D eigenvalue weighted by Crippen LogP contribution is 2.41. The largest absolute Gasteiger partial charge is 0.487 e. The lowest BCUT2D eigenvalue weighted by atomic mass is 9.86. The number of benzene rings is 1. The molecule has 1 N–H and O–H groups in total. The first-order valence-corrected chi connectivity index (χ1v) is 6.80. The van der Waals surface area contributed by atoms with Crippen LogP contribution in [0.15, 0.2) is 18.2 Å². The van der Waals surface area contributed by atoms with Crippen LogP contribution in [0.4, 0.5) is 4.39 Å². The van der Waals surface area contributed by atoms with E-state index in [1.165, 1.54) is 6.07 Å². The van der Waals surface area contributed by atoms with Gasteiger partial charge in [-0.1, -0.05) is 13.8 Å². The maximum atomic E-state index is 13.4. The molecular formula is C15H22FNO. The second kappa shape index (κ2) is 5.27. The Morgan fingerprint density at radius 2 is 2.22 bits per heavy atom. The third-order valence-corrected chi connectivity index (χ3v) is 3.73. The van der Waals surface area contributed by atoms with Crippen LogP contribution in [0.2, 0.25) is 0 Å². The molecule has 2 rings (SSSR count). The van der Waals surface area contributed by atoms with Gasteiger partial charge in [-0.3, -0.25) is 0 Å². The third-order valence-electron chi connectivity index (χ3n) is 3.73. The molecule has 0 spiro atoms. The molecule has 3 heteroatoms. The standard InChI is InChI=1S/C15H22FNO/c1-4-8-17-13-10-15(3,5-2)18-14-7-6-11(16)9-12(13)14/h6-7,9,13,17H,4-5,8,10H2,1-3H3. The summed E-state index contributed by atoms with van der Waals surface area (Å²) < 4.78 is 19.4. The summed E-state index contributed by atoms with van der Waals surface area (Å²) in [6, 6.07) is 5.00. The molecule has 1 heterocycles. The summed E-state index contributed by atoms with van der Waals surface area (Å²) in [6.45, 7) is 7.34. The van der Waals surface area contributed by atoms with Crippen LogP contribution in [-0.4, -0.2) is 12.1 Å². The van der Waals surface area contributed by atoms with Gasteiger partial charge in [0, 0.05) is 18.0 Å². The number of ether oxygens (including phenoxy) is 1. The van der Waals surface area contributed by atoms with E-state index < -0.39 is 0 Å². The first kappa shape index (κ1) is 13.3. The number of hydrogen-bond donors (Lipinski definition) is 1. The molecule has 1 aromatic carbocycles. The Hall–Kier alpha value is -1.09. The minimum atomic E-state index is -0.194. The van der Waals surface area contributed by atoms with Crippen molar-refractivity contribution in [3.05, 3.63) is 29.6 Å². The Bertz CT molecular complexity index is 421. The second-order valence-electron chi connectivity index (χ2n) is 5.30. The fourth-order valence-electron chi connectivity index (χ4n) is 2.45. The van der Waals surface area contributed by atoms with E-state index in [1.54, 1.807) is 12.1 Å². The molecule has 2 nitrogen and oxygen atoms in total. The van der Waals surface area contributed by atoms with Crippen molar-refractivity contribution in [1.82, 2.24) is 5.32 Å². The molecule has 100 valence electrons.